The summed E-state index contributed by atoms with van der Waals surface area (Å²) in [5.74, 6) is 0. The van der Waals surface area contributed by atoms with E-state index in [1.165, 1.54) is 54.2 Å². The van der Waals surface area contributed by atoms with E-state index in [-0.39, 0.29) is 0 Å². The van der Waals surface area contributed by atoms with Crippen LogP contribution in [0.25, 0.3) is 54.2 Å². The third kappa shape index (κ3) is 3.99. The van der Waals surface area contributed by atoms with Gasteiger partial charge in [0.05, 0.1) is 0 Å². The van der Waals surface area contributed by atoms with E-state index in [1.54, 1.807) is 0 Å². The lowest BCUT2D eigenvalue weighted by atomic mass is 9.90. The monoisotopic (exact) mass is 510 g/mol. The third-order valence-electron chi connectivity index (χ3n) is 6.58. The van der Waals surface area contributed by atoms with Gasteiger partial charge in [0.25, 0.3) is 0 Å². The van der Waals surface area contributed by atoms with Crippen LogP contribution in [-0.2, 0) is 0 Å². The van der Waals surface area contributed by atoms with Gasteiger partial charge in [0.15, 0.2) is 0 Å². The highest BCUT2D eigenvalue weighted by Gasteiger charge is 2.13. The lowest BCUT2D eigenvalue weighted by molar-refractivity contribution is 1.69. The Hall–Kier alpha value is -3.94. The number of hydrogen-bond acceptors (Lipinski definition) is 0. The summed E-state index contributed by atoms with van der Waals surface area (Å²) in [6, 6.07) is 49.3. The van der Waals surface area contributed by atoms with Crippen molar-refractivity contribution in [3.63, 3.8) is 0 Å². The molecule has 0 saturated heterocycles. The predicted molar refractivity (Wildman–Crippen MR) is 156 cm³/mol. The van der Waals surface area contributed by atoms with Gasteiger partial charge in [-0.1, -0.05) is 149 Å². The molecule has 0 bridgehead atoms. The highest BCUT2D eigenvalue weighted by molar-refractivity contribution is 9.10. The molecule has 0 aromatic heterocycles. The lowest BCUT2D eigenvalue weighted by Crippen LogP contribution is -1.88. The summed E-state index contributed by atoms with van der Waals surface area (Å²) in [5, 5.41) is 10.3. The first-order chi connectivity index (χ1) is 17.3. The molecule has 1 heteroatoms. The molecule has 0 amide bonds. The van der Waals surface area contributed by atoms with Gasteiger partial charge < -0.3 is 0 Å². The van der Waals surface area contributed by atoms with Crippen LogP contribution in [0.3, 0.4) is 0 Å². The van der Waals surface area contributed by atoms with Crippen LogP contribution in [0.1, 0.15) is 0 Å². The predicted octanol–water partition coefficient (Wildman–Crippen LogP) is 10.4. The third-order valence-corrected chi connectivity index (χ3v) is 7.24. The molecule has 7 rings (SSSR count). The van der Waals surface area contributed by atoms with E-state index in [0.717, 1.165) is 4.47 Å². The molecule has 7 aromatic rings. The van der Waals surface area contributed by atoms with Crippen LogP contribution in [0.2, 0.25) is 0 Å². The second-order valence-corrected chi connectivity index (χ2v) is 9.50. The van der Waals surface area contributed by atoms with Crippen molar-refractivity contribution in [2.75, 3.05) is 0 Å². The van der Waals surface area contributed by atoms with Crippen molar-refractivity contribution in [1.29, 1.82) is 0 Å². The molecule has 0 heterocycles. The molecular weight excluding hydrogens is 488 g/mol. The molecule has 0 nitrogen and oxygen atoms in total. The largest absolute Gasteiger partial charge is 0.0623 e. The quantitative estimate of drug-likeness (QED) is 0.192. The first kappa shape index (κ1) is 21.6. The Kier molecular flexibility index (Phi) is 5.78. The molecule has 0 aliphatic carbocycles. The number of benzene rings is 7. The number of fused-ring (bicyclic) bond motifs is 6. The van der Waals surface area contributed by atoms with Gasteiger partial charge in [0.1, 0.15) is 0 Å². The maximum absolute atomic E-state index is 3.86. The van der Waals surface area contributed by atoms with Crippen molar-refractivity contribution >= 4 is 59.0 Å². The second-order valence-electron chi connectivity index (χ2n) is 8.65. The zero-order valence-electron chi connectivity index (χ0n) is 19.2. The summed E-state index contributed by atoms with van der Waals surface area (Å²) >= 11 is 3.86. The Balaban J connectivity index is 0.000000336. The molecule has 0 fully saturated rings. The van der Waals surface area contributed by atoms with Crippen LogP contribution >= 0.6 is 15.9 Å². The lowest BCUT2D eigenvalue weighted by Gasteiger charge is -2.15. The summed E-state index contributed by atoms with van der Waals surface area (Å²) in [6.07, 6.45) is 0. The summed E-state index contributed by atoms with van der Waals surface area (Å²) < 4.78 is 1.14. The molecular formula is C34H23Br. The fourth-order valence-electron chi connectivity index (χ4n) is 4.98. The van der Waals surface area contributed by atoms with Crippen LogP contribution in [0.15, 0.2) is 144 Å². The fraction of sp³-hybridized carbons (Fsp3) is 0. The average molecular weight is 511 g/mol. The molecule has 0 unspecified atom stereocenters. The van der Waals surface area contributed by atoms with Crippen molar-refractivity contribution in [1.82, 2.24) is 0 Å². The molecule has 166 valence electrons. The van der Waals surface area contributed by atoms with Crippen LogP contribution in [0, 0.1) is 0 Å². The van der Waals surface area contributed by atoms with E-state index in [1.807, 2.05) is 36.4 Å². The van der Waals surface area contributed by atoms with Gasteiger partial charge in [-0.25, -0.2) is 0 Å². The van der Waals surface area contributed by atoms with E-state index in [9.17, 15) is 0 Å². The first-order valence-corrected chi connectivity index (χ1v) is 12.6. The van der Waals surface area contributed by atoms with Crippen LogP contribution in [-0.4, -0.2) is 0 Å². The average Bonchev–Trinajstić information content (AvgIpc) is 2.94. The molecule has 0 aliphatic rings. The van der Waals surface area contributed by atoms with E-state index in [4.69, 9.17) is 0 Å². The van der Waals surface area contributed by atoms with Crippen LogP contribution in [0.5, 0.6) is 0 Å². The molecule has 0 aliphatic heterocycles. The van der Waals surface area contributed by atoms with Crippen molar-refractivity contribution < 1.29 is 0 Å². The second kappa shape index (κ2) is 9.37. The molecule has 0 N–H and O–H groups in total. The van der Waals surface area contributed by atoms with Gasteiger partial charge in [-0.3, -0.25) is 0 Å². The molecule has 0 saturated carbocycles. The minimum absolute atomic E-state index is 1.14. The molecule has 7 aromatic carbocycles. The Labute approximate surface area is 213 Å². The highest BCUT2D eigenvalue weighted by Crippen LogP contribution is 2.42. The van der Waals surface area contributed by atoms with Crippen LogP contribution < -0.4 is 0 Å². The van der Waals surface area contributed by atoms with Crippen molar-refractivity contribution in [2.45, 2.75) is 0 Å². The van der Waals surface area contributed by atoms with Gasteiger partial charge >= 0.3 is 0 Å². The van der Waals surface area contributed by atoms with Gasteiger partial charge in [-0.05, 0) is 60.3 Å². The maximum Gasteiger partial charge on any atom is 0.0260 e. The van der Waals surface area contributed by atoms with E-state index < -0.39 is 0 Å². The molecule has 0 spiro atoms. The van der Waals surface area contributed by atoms with Gasteiger partial charge in [0.2, 0.25) is 0 Å². The van der Waals surface area contributed by atoms with Gasteiger partial charge in [-0.15, -0.1) is 0 Å². The fourth-order valence-corrected chi connectivity index (χ4v) is 5.54. The smallest absolute Gasteiger partial charge is 0.0260 e. The summed E-state index contributed by atoms with van der Waals surface area (Å²) in [6.45, 7) is 0. The summed E-state index contributed by atoms with van der Waals surface area (Å²) in [7, 11) is 0. The zero-order valence-corrected chi connectivity index (χ0v) is 20.7. The number of halogens is 1. The maximum atomic E-state index is 3.86. The minimum atomic E-state index is 1.14. The van der Waals surface area contributed by atoms with Crippen LogP contribution in [0.4, 0.5) is 0 Å². The molecule has 0 radical (unpaired) electrons. The molecule has 35 heavy (non-hydrogen) atoms. The Morgan fingerprint density at radius 3 is 1.63 bits per heavy atom. The van der Waals surface area contributed by atoms with E-state index >= 15 is 0 Å². The Bertz CT molecular complexity index is 1770. The minimum Gasteiger partial charge on any atom is -0.0623 e. The Morgan fingerprint density at radius 2 is 0.886 bits per heavy atom. The highest BCUT2D eigenvalue weighted by atomic mass is 79.9. The van der Waals surface area contributed by atoms with Gasteiger partial charge in [-0.2, -0.15) is 0 Å². The Morgan fingerprint density at radius 1 is 0.343 bits per heavy atom. The van der Waals surface area contributed by atoms with Crippen molar-refractivity contribution in [3.05, 3.63) is 144 Å². The topological polar surface area (TPSA) is 0 Å². The SMILES string of the molecule is Brc1cc2c3ccccc3ccc2c2c(-c3cccc4ccccc34)cccc12.c1ccccc1. The number of hydrogen-bond donors (Lipinski definition) is 0. The van der Waals surface area contributed by atoms with E-state index in [0.29, 0.717) is 0 Å². The van der Waals surface area contributed by atoms with E-state index in [2.05, 4.69) is 119 Å². The molecule has 0 atom stereocenters. The van der Waals surface area contributed by atoms with Crippen molar-refractivity contribution in [2.24, 2.45) is 0 Å². The number of rotatable bonds is 1. The summed E-state index contributed by atoms with van der Waals surface area (Å²) in [4.78, 5) is 0. The zero-order chi connectivity index (χ0) is 23.6. The summed E-state index contributed by atoms with van der Waals surface area (Å²) in [5.41, 5.74) is 2.56. The van der Waals surface area contributed by atoms with Gasteiger partial charge in [0, 0.05) is 4.47 Å². The van der Waals surface area contributed by atoms with Crippen molar-refractivity contribution in [3.8, 4) is 11.1 Å². The normalized spacial score (nSPS) is 11.0. The standard InChI is InChI=1S/C28H17Br.C6H6/c29-27-17-26-21-11-4-2-8-19(21)15-16-24(26)28-23(13-6-14-25(27)28)22-12-5-9-18-7-1-3-10-20(18)22;1-2-4-6-5-3-1/h1-17H;1-6H. The first-order valence-electron chi connectivity index (χ1n) is 11.8.